The van der Waals surface area contributed by atoms with E-state index >= 15 is 0 Å². The van der Waals surface area contributed by atoms with Crippen molar-refractivity contribution in [1.82, 2.24) is 0 Å². The maximum atomic E-state index is 12.1. The highest BCUT2D eigenvalue weighted by atomic mass is 16.5. The smallest absolute Gasteiger partial charge is 0.302 e. The van der Waals surface area contributed by atoms with Gasteiger partial charge < -0.3 is 20.1 Å². The van der Waals surface area contributed by atoms with Crippen LogP contribution in [0, 0.1) is 63.6 Å². The number of ether oxygens (including phenoxy) is 1. The van der Waals surface area contributed by atoms with Crippen LogP contribution in [0.3, 0.4) is 0 Å². The van der Waals surface area contributed by atoms with Crippen molar-refractivity contribution in [2.24, 2.45) is 63.6 Å². The number of hydrogen-bond donors (Lipinski definition) is 3. The predicted octanol–water partition coefficient (Wildman–Crippen LogP) is 5.37. The molecule has 5 heteroatoms. The molecule has 0 aromatic heterocycles. The van der Waals surface area contributed by atoms with Crippen LogP contribution in [0.1, 0.15) is 93.4 Å². The summed E-state index contributed by atoms with van der Waals surface area (Å²) in [6.45, 7) is 16.0. The summed E-state index contributed by atoms with van der Waals surface area (Å²) >= 11 is 0. The van der Waals surface area contributed by atoms with Gasteiger partial charge in [-0.2, -0.15) is 0 Å². The molecule has 4 unspecified atom stereocenters. The standard InChI is InChI=1S/C32H52O5/c1-17(2)19(4)30(6)14-26(30)18(3)24-10-11-25-23-9-8-21-12-22(34)13-28(36)31(21,7)29(23)27(35)15-32(24,25)16-37-20(5)33/h8,17-19,22-29,34-36H,9-16H2,1-7H3/t18-,19?,22?,23-,24+,25-,26+,27?,28?,29+,30+,31+,32-/m0/s1. The molecule has 5 aliphatic rings. The van der Waals surface area contributed by atoms with Gasteiger partial charge in [-0.1, -0.05) is 53.2 Å². The molecule has 5 rings (SSSR count). The van der Waals surface area contributed by atoms with Crippen LogP contribution in [0.5, 0.6) is 0 Å². The van der Waals surface area contributed by atoms with Crippen molar-refractivity contribution in [2.75, 3.05) is 6.61 Å². The fourth-order valence-electron chi connectivity index (χ4n) is 10.7. The minimum Gasteiger partial charge on any atom is -0.465 e. The first-order chi connectivity index (χ1) is 17.3. The summed E-state index contributed by atoms with van der Waals surface area (Å²) < 4.78 is 5.85. The average molecular weight is 517 g/mol. The molecule has 3 N–H and O–H groups in total. The van der Waals surface area contributed by atoms with E-state index in [9.17, 15) is 20.1 Å². The number of aliphatic hydroxyl groups excluding tert-OH is 3. The van der Waals surface area contributed by atoms with Gasteiger partial charge in [0.1, 0.15) is 0 Å². The van der Waals surface area contributed by atoms with Crippen LogP contribution in [-0.2, 0) is 9.53 Å². The molecule has 0 aromatic carbocycles. The Bertz CT molecular complexity index is 928. The third kappa shape index (κ3) is 4.08. The summed E-state index contributed by atoms with van der Waals surface area (Å²) in [5.74, 6) is 3.34. The van der Waals surface area contributed by atoms with Crippen molar-refractivity contribution in [2.45, 2.75) is 112 Å². The Kier molecular flexibility index (Phi) is 6.98. The van der Waals surface area contributed by atoms with Gasteiger partial charge in [0.15, 0.2) is 0 Å². The Morgan fingerprint density at radius 3 is 2.43 bits per heavy atom. The third-order valence-electron chi connectivity index (χ3n) is 13.1. The second-order valence-corrected chi connectivity index (χ2v) is 14.8. The van der Waals surface area contributed by atoms with Crippen molar-refractivity contribution >= 4 is 5.97 Å². The molecule has 0 amide bonds. The monoisotopic (exact) mass is 516 g/mol. The van der Waals surface area contributed by atoms with Gasteiger partial charge in [-0.05, 0) is 91.3 Å². The van der Waals surface area contributed by atoms with E-state index in [1.54, 1.807) is 0 Å². The lowest BCUT2D eigenvalue weighted by atomic mass is 9.45. The van der Waals surface area contributed by atoms with Gasteiger partial charge >= 0.3 is 5.97 Å². The molecule has 5 aliphatic carbocycles. The van der Waals surface area contributed by atoms with Crippen LogP contribution < -0.4 is 0 Å². The van der Waals surface area contributed by atoms with Gasteiger partial charge in [0.2, 0.25) is 0 Å². The minimum absolute atomic E-state index is 0.0216. The molecule has 0 radical (unpaired) electrons. The molecular weight excluding hydrogens is 464 g/mol. The van der Waals surface area contributed by atoms with E-state index in [0.717, 1.165) is 24.8 Å². The molecule has 0 bridgehead atoms. The Balaban J connectivity index is 1.48. The summed E-state index contributed by atoms with van der Waals surface area (Å²) in [5.41, 5.74) is 0.788. The number of aliphatic hydroxyl groups is 3. The number of rotatable bonds is 6. The van der Waals surface area contributed by atoms with Crippen LogP contribution in [0.15, 0.2) is 11.6 Å². The van der Waals surface area contributed by atoms with Crippen LogP contribution in [0.2, 0.25) is 0 Å². The maximum Gasteiger partial charge on any atom is 0.302 e. The van der Waals surface area contributed by atoms with Gasteiger partial charge in [-0.25, -0.2) is 0 Å². The largest absolute Gasteiger partial charge is 0.465 e. The Labute approximate surface area is 224 Å². The Morgan fingerprint density at radius 2 is 1.78 bits per heavy atom. The van der Waals surface area contributed by atoms with Crippen LogP contribution in [0.4, 0.5) is 0 Å². The number of carbonyl (C=O) groups excluding carboxylic acids is 1. The molecule has 0 spiro atoms. The zero-order valence-corrected chi connectivity index (χ0v) is 24.2. The van der Waals surface area contributed by atoms with E-state index in [0.29, 0.717) is 66.8 Å². The van der Waals surface area contributed by atoms with Crippen molar-refractivity contribution in [3.63, 3.8) is 0 Å². The second kappa shape index (κ2) is 9.34. The minimum atomic E-state index is -0.647. The summed E-state index contributed by atoms with van der Waals surface area (Å²) in [6, 6.07) is 0. The first kappa shape index (κ1) is 27.6. The van der Waals surface area contributed by atoms with Crippen molar-refractivity contribution in [3.05, 3.63) is 11.6 Å². The Hall–Kier alpha value is -0.910. The highest BCUT2D eigenvalue weighted by molar-refractivity contribution is 5.66. The lowest BCUT2D eigenvalue weighted by molar-refractivity contribution is -0.183. The molecule has 37 heavy (non-hydrogen) atoms. The fourth-order valence-corrected chi connectivity index (χ4v) is 10.7. The number of carbonyl (C=O) groups is 1. The predicted molar refractivity (Wildman–Crippen MR) is 144 cm³/mol. The van der Waals surface area contributed by atoms with Crippen LogP contribution in [-0.4, -0.2) is 46.2 Å². The zero-order chi connectivity index (χ0) is 27.1. The van der Waals surface area contributed by atoms with Crippen molar-refractivity contribution < 1.29 is 24.9 Å². The number of fused-ring (bicyclic) bond motifs is 5. The van der Waals surface area contributed by atoms with Gasteiger partial charge in [0.25, 0.3) is 0 Å². The van der Waals surface area contributed by atoms with Crippen molar-refractivity contribution in [1.29, 1.82) is 0 Å². The summed E-state index contributed by atoms with van der Waals surface area (Å²) in [5, 5.41) is 33.6. The second-order valence-electron chi connectivity index (χ2n) is 14.8. The molecule has 0 aliphatic heterocycles. The van der Waals surface area contributed by atoms with Crippen LogP contribution in [0.25, 0.3) is 0 Å². The van der Waals surface area contributed by atoms with E-state index in [-0.39, 0.29) is 23.2 Å². The molecule has 4 saturated carbocycles. The first-order valence-corrected chi connectivity index (χ1v) is 15.1. The lowest BCUT2D eigenvalue weighted by Gasteiger charge is -2.61. The number of esters is 1. The molecule has 13 atom stereocenters. The SMILES string of the molecule is CC(=O)OC[C@]12CC(O)[C@H]3[C@@H](CC=C4CC(O)CC(O)[C@@]43C)[C@@H]1CC[C@@H]2[C@H](C)[C@H]1C[C@]1(C)C(C)C(C)C. The van der Waals surface area contributed by atoms with Crippen molar-refractivity contribution in [3.8, 4) is 0 Å². The van der Waals surface area contributed by atoms with Gasteiger partial charge in [-0.3, -0.25) is 4.79 Å². The highest BCUT2D eigenvalue weighted by Gasteiger charge is 2.68. The van der Waals surface area contributed by atoms with E-state index in [4.69, 9.17) is 4.74 Å². The molecule has 210 valence electrons. The third-order valence-corrected chi connectivity index (χ3v) is 13.1. The molecular formula is C32H52O5. The van der Waals surface area contributed by atoms with E-state index in [1.807, 2.05) is 0 Å². The van der Waals surface area contributed by atoms with Gasteiger partial charge in [0, 0.05) is 24.2 Å². The zero-order valence-electron chi connectivity index (χ0n) is 24.2. The normalized spacial score (nSPS) is 50.4. The number of hydrogen-bond acceptors (Lipinski definition) is 5. The molecule has 4 fully saturated rings. The van der Waals surface area contributed by atoms with Gasteiger partial charge in [-0.15, -0.1) is 0 Å². The van der Waals surface area contributed by atoms with E-state index in [1.165, 1.54) is 13.3 Å². The van der Waals surface area contributed by atoms with Gasteiger partial charge in [0.05, 0.1) is 24.9 Å². The highest BCUT2D eigenvalue weighted by Crippen LogP contribution is 2.71. The summed E-state index contributed by atoms with van der Waals surface area (Å²) in [4.78, 5) is 12.1. The molecule has 0 heterocycles. The summed E-state index contributed by atoms with van der Waals surface area (Å²) in [7, 11) is 0. The number of allylic oxidation sites excluding steroid dienone is 1. The quantitative estimate of drug-likeness (QED) is 0.327. The average Bonchev–Trinajstić information content (AvgIpc) is 3.37. The van der Waals surface area contributed by atoms with Crippen LogP contribution >= 0.6 is 0 Å². The lowest BCUT2D eigenvalue weighted by Crippen LogP contribution is -2.61. The molecule has 0 saturated heterocycles. The van der Waals surface area contributed by atoms with E-state index < -0.39 is 23.7 Å². The topological polar surface area (TPSA) is 87.0 Å². The molecule has 5 nitrogen and oxygen atoms in total. The Morgan fingerprint density at radius 1 is 1.08 bits per heavy atom. The first-order valence-electron chi connectivity index (χ1n) is 15.1. The van der Waals surface area contributed by atoms with E-state index in [2.05, 4.69) is 47.6 Å². The fraction of sp³-hybridized carbons (Fsp3) is 0.906. The molecule has 0 aromatic rings. The maximum absolute atomic E-state index is 12.1. The summed E-state index contributed by atoms with van der Waals surface area (Å²) in [6.07, 6.45) is 6.56.